The van der Waals surface area contributed by atoms with E-state index in [9.17, 15) is 9.59 Å². The SMILES string of the molecule is CCOC(=O)N1CCN(C(=O)C2NNC3c4ccc(OC)cc4CCC23)CC1. The Balaban J connectivity index is 1.40. The first-order valence-electron chi connectivity index (χ1n) is 10.0. The number of fused-ring (bicyclic) bond motifs is 3. The Morgan fingerprint density at radius 2 is 1.89 bits per heavy atom. The van der Waals surface area contributed by atoms with E-state index in [-0.39, 0.29) is 30.0 Å². The van der Waals surface area contributed by atoms with Gasteiger partial charge in [-0.05, 0) is 43.0 Å². The molecular weight excluding hydrogens is 360 g/mol. The van der Waals surface area contributed by atoms with Crippen LogP contribution in [0, 0.1) is 5.92 Å². The van der Waals surface area contributed by atoms with E-state index in [1.807, 2.05) is 11.0 Å². The second-order valence-electron chi connectivity index (χ2n) is 7.52. The number of ether oxygens (including phenoxy) is 2. The predicted molar refractivity (Wildman–Crippen MR) is 103 cm³/mol. The van der Waals surface area contributed by atoms with Crippen molar-refractivity contribution in [2.45, 2.75) is 31.8 Å². The molecular formula is C20H28N4O4. The van der Waals surface area contributed by atoms with Gasteiger partial charge in [-0.3, -0.25) is 4.79 Å². The molecule has 1 aliphatic carbocycles. The van der Waals surface area contributed by atoms with E-state index < -0.39 is 0 Å². The van der Waals surface area contributed by atoms with E-state index in [1.54, 1.807) is 18.9 Å². The van der Waals surface area contributed by atoms with Crippen LogP contribution in [0.15, 0.2) is 18.2 Å². The van der Waals surface area contributed by atoms with E-state index in [0.717, 1.165) is 18.6 Å². The summed E-state index contributed by atoms with van der Waals surface area (Å²) in [4.78, 5) is 28.5. The molecule has 1 aromatic carbocycles. The molecule has 2 aliphatic heterocycles. The van der Waals surface area contributed by atoms with Crippen LogP contribution in [-0.4, -0.2) is 67.7 Å². The van der Waals surface area contributed by atoms with E-state index in [1.165, 1.54) is 11.1 Å². The van der Waals surface area contributed by atoms with Crippen molar-refractivity contribution in [3.05, 3.63) is 29.3 Å². The molecule has 3 unspecified atom stereocenters. The lowest BCUT2D eigenvalue weighted by atomic mass is 9.77. The smallest absolute Gasteiger partial charge is 0.409 e. The van der Waals surface area contributed by atoms with Crippen LogP contribution in [0.2, 0.25) is 0 Å². The van der Waals surface area contributed by atoms with Crippen LogP contribution in [0.5, 0.6) is 5.75 Å². The third-order valence-electron chi connectivity index (χ3n) is 6.07. The molecule has 3 aliphatic rings. The highest BCUT2D eigenvalue weighted by Crippen LogP contribution is 2.40. The van der Waals surface area contributed by atoms with E-state index in [4.69, 9.17) is 9.47 Å². The predicted octanol–water partition coefficient (Wildman–Crippen LogP) is 1.08. The number of nitrogens with zero attached hydrogens (tertiary/aromatic N) is 2. The molecule has 0 aromatic heterocycles. The maximum Gasteiger partial charge on any atom is 0.409 e. The van der Waals surface area contributed by atoms with Gasteiger partial charge >= 0.3 is 6.09 Å². The second-order valence-corrected chi connectivity index (χ2v) is 7.52. The molecule has 152 valence electrons. The number of aryl methyl sites for hydroxylation is 1. The lowest BCUT2D eigenvalue weighted by Crippen LogP contribution is -2.55. The van der Waals surface area contributed by atoms with Gasteiger partial charge in [0, 0.05) is 32.1 Å². The first-order chi connectivity index (χ1) is 13.6. The molecule has 0 bridgehead atoms. The number of amides is 2. The summed E-state index contributed by atoms with van der Waals surface area (Å²) in [7, 11) is 1.68. The summed E-state index contributed by atoms with van der Waals surface area (Å²) in [6.45, 7) is 4.28. The van der Waals surface area contributed by atoms with Crippen molar-refractivity contribution in [2.75, 3.05) is 39.9 Å². The highest BCUT2D eigenvalue weighted by atomic mass is 16.6. The molecule has 2 saturated heterocycles. The van der Waals surface area contributed by atoms with Crippen LogP contribution < -0.4 is 15.6 Å². The number of hydrogen-bond donors (Lipinski definition) is 2. The van der Waals surface area contributed by atoms with Crippen molar-refractivity contribution in [2.24, 2.45) is 5.92 Å². The van der Waals surface area contributed by atoms with E-state index in [2.05, 4.69) is 23.0 Å². The van der Waals surface area contributed by atoms with Gasteiger partial charge in [-0.15, -0.1) is 0 Å². The van der Waals surface area contributed by atoms with Crippen molar-refractivity contribution in [3.63, 3.8) is 0 Å². The number of piperazine rings is 1. The zero-order valence-electron chi connectivity index (χ0n) is 16.4. The third-order valence-corrected chi connectivity index (χ3v) is 6.07. The van der Waals surface area contributed by atoms with Crippen LogP contribution >= 0.6 is 0 Å². The monoisotopic (exact) mass is 388 g/mol. The zero-order chi connectivity index (χ0) is 19.7. The Morgan fingerprint density at radius 3 is 2.61 bits per heavy atom. The molecule has 8 heteroatoms. The number of rotatable bonds is 3. The number of methoxy groups -OCH3 is 1. The standard InChI is InChI=1S/C20H28N4O4/c1-3-28-20(26)24-10-8-23(9-11-24)19(25)18-16-6-4-13-12-14(27-2)5-7-15(13)17(16)21-22-18/h5,7,12,16-18,21-22H,3-4,6,8-11H2,1-2H3. The number of hydrazine groups is 1. The Labute approximate surface area is 165 Å². The average Bonchev–Trinajstić information content (AvgIpc) is 3.17. The normalized spacial score (nSPS) is 26.4. The van der Waals surface area contributed by atoms with Gasteiger partial charge in [0.05, 0.1) is 19.8 Å². The fourth-order valence-electron chi connectivity index (χ4n) is 4.54. The van der Waals surface area contributed by atoms with Crippen molar-refractivity contribution in [1.29, 1.82) is 0 Å². The zero-order valence-corrected chi connectivity index (χ0v) is 16.4. The lowest BCUT2D eigenvalue weighted by molar-refractivity contribution is -0.135. The highest BCUT2D eigenvalue weighted by molar-refractivity contribution is 5.83. The summed E-state index contributed by atoms with van der Waals surface area (Å²) >= 11 is 0. The first-order valence-corrected chi connectivity index (χ1v) is 10.0. The fourth-order valence-corrected chi connectivity index (χ4v) is 4.54. The minimum atomic E-state index is -0.297. The number of benzene rings is 1. The molecule has 8 nitrogen and oxygen atoms in total. The average molecular weight is 388 g/mol. The van der Waals surface area contributed by atoms with Crippen molar-refractivity contribution >= 4 is 12.0 Å². The van der Waals surface area contributed by atoms with Gasteiger partial charge in [0.2, 0.25) is 5.91 Å². The van der Waals surface area contributed by atoms with E-state index >= 15 is 0 Å². The molecule has 28 heavy (non-hydrogen) atoms. The second kappa shape index (κ2) is 7.97. The third kappa shape index (κ3) is 3.42. The van der Waals surface area contributed by atoms with Crippen LogP contribution in [0.4, 0.5) is 4.79 Å². The maximum atomic E-state index is 13.1. The number of carbonyl (C=O) groups is 2. The van der Waals surface area contributed by atoms with Gasteiger partial charge in [-0.2, -0.15) is 0 Å². The maximum absolute atomic E-state index is 13.1. The van der Waals surface area contributed by atoms with Gasteiger partial charge in [-0.1, -0.05) is 6.07 Å². The molecule has 2 heterocycles. The summed E-state index contributed by atoms with van der Waals surface area (Å²) in [5.41, 5.74) is 9.11. The van der Waals surface area contributed by atoms with Crippen molar-refractivity contribution < 1.29 is 19.1 Å². The Hall–Kier alpha value is -2.32. The van der Waals surface area contributed by atoms with Crippen LogP contribution in [0.1, 0.15) is 30.5 Å². The Morgan fingerprint density at radius 1 is 1.14 bits per heavy atom. The van der Waals surface area contributed by atoms with Gasteiger partial charge < -0.3 is 19.3 Å². The molecule has 2 fully saturated rings. The summed E-state index contributed by atoms with van der Waals surface area (Å²) in [6.07, 6.45) is 1.59. The first kappa shape index (κ1) is 19.0. The van der Waals surface area contributed by atoms with Crippen molar-refractivity contribution in [3.8, 4) is 5.75 Å². The Bertz CT molecular complexity index is 748. The van der Waals surface area contributed by atoms with Crippen molar-refractivity contribution in [1.82, 2.24) is 20.7 Å². The number of carbonyl (C=O) groups excluding carboxylic acids is 2. The van der Waals surface area contributed by atoms with Crippen LogP contribution in [-0.2, 0) is 16.0 Å². The molecule has 4 rings (SSSR count). The molecule has 1 aromatic rings. The summed E-state index contributed by atoms with van der Waals surface area (Å²) in [5.74, 6) is 1.20. The van der Waals surface area contributed by atoms with Gasteiger partial charge in [0.25, 0.3) is 0 Å². The Kier molecular flexibility index (Phi) is 5.41. The van der Waals surface area contributed by atoms with Crippen LogP contribution in [0.25, 0.3) is 0 Å². The van der Waals surface area contributed by atoms with Gasteiger partial charge in [0.1, 0.15) is 11.8 Å². The molecule has 3 atom stereocenters. The fraction of sp³-hybridized carbons (Fsp3) is 0.600. The molecule has 2 N–H and O–H groups in total. The molecule has 2 amide bonds. The van der Waals surface area contributed by atoms with Gasteiger partial charge in [0.15, 0.2) is 0 Å². The van der Waals surface area contributed by atoms with E-state index in [0.29, 0.717) is 32.8 Å². The molecule has 0 spiro atoms. The number of nitrogens with one attached hydrogen (secondary N) is 2. The largest absolute Gasteiger partial charge is 0.497 e. The lowest BCUT2D eigenvalue weighted by Gasteiger charge is -2.36. The molecule has 0 saturated carbocycles. The van der Waals surface area contributed by atoms with Crippen LogP contribution in [0.3, 0.4) is 0 Å². The summed E-state index contributed by atoms with van der Waals surface area (Å²) in [6, 6.07) is 6.06. The minimum Gasteiger partial charge on any atom is -0.497 e. The van der Waals surface area contributed by atoms with Gasteiger partial charge in [-0.25, -0.2) is 15.6 Å². The highest BCUT2D eigenvalue weighted by Gasteiger charge is 2.45. The quantitative estimate of drug-likeness (QED) is 0.806. The number of hydrogen-bond acceptors (Lipinski definition) is 6. The summed E-state index contributed by atoms with van der Waals surface area (Å²) in [5, 5.41) is 0. The topological polar surface area (TPSA) is 83.1 Å². The molecule has 0 radical (unpaired) electrons. The summed E-state index contributed by atoms with van der Waals surface area (Å²) < 4.78 is 10.4. The minimum absolute atomic E-state index is 0.112.